The normalized spacial score (nSPS) is 16.4. The highest BCUT2D eigenvalue weighted by Crippen LogP contribution is 2.37. The molecule has 0 aliphatic heterocycles. The zero-order chi connectivity index (χ0) is 22.9. The quantitative estimate of drug-likeness (QED) is 0.514. The minimum Gasteiger partial charge on any atom is -0.382 e. The topological polar surface area (TPSA) is 41.5 Å². The van der Waals surface area contributed by atoms with Gasteiger partial charge in [0.25, 0.3) is 0 Å². The lowest BCUT2D eigenvalue weighted by atomic mass is 9.72. The van der Waals surface area contributed by atoms with Gasteiger partial charge in [-0.15, -0.1) is 0 Å². The fraction of sp³-hybridized carbons (Fsp3) is 0.556. The Balaban J connectivity index is 2.40. The molecule has 3 heteroatoms. The molecule has 0 saturated carbocycles. The van der Waals surface area contributed by atoms with Gasteiger partial charge in [-0.05, 0) is 72.9 Å². The Morgan fingerprint density at radius 1 is 0.933 bits per heavy atom. The molecule has 1 unspecified atom stereocenters. The van der Waals surface area contributed by atoms with Crippen LogP contribution in [-0.2, 0) is 4.79 Å². The molecule has 1 aliphatic rings. The van der Waals surface area contributed by atoms with E-state index in [1.165, 1.54) is 5.56 Å². The Hall–Kier alpha value is -2.16. The molecule has 1 aromatic rings. The van der Waals surface area contributed by atoms with E-state index in [2.05, 4.69) is 92.8 Å². The number of hydrogen-bond acceptors (Lipinski definition) is 3. The highest BCUT2D eigenvalue weighted by Gasteiger charge is 2.34. The zero-order valence-electron chi connectivity index (χ0n) is 20.6. The molecule has 1 aromatic carbocycles. The second-order valence-electron chi connectivity index (χ2n) is 11.2. The molecule has 0 saturated heterocycles. The number of rotatable bonds is 5. The Bertz CT molecular complexity index is 850. The zero-order valence-corrected chi connectivity index (χ0v) is 20.6. The maximum absolute atomic E-state index is 13.1. The lowest BCUT2D eigenvalue weighted by Crippen LogP contribution is -2.29. The molecule has 1 atom stereocenters. The lowest BCUT2D eigenvalue weighted by molar-refractivity contribution is -0.114. The van der Waals surface area contributed by atoms with Gasteiger partial charge in [-0.25, -0.2) is 4.99 Å². The summed E-state index contributed by atoms with van der Waals surface area (Å²) in [5.41, 5.74) is 5.29. The number of nitrogens with zero attached hydrogens (tertiary/aromatic N) is 1. The number of carbonyl (C=O) groups is 1. The first-order valence-corrected chi connectivity index (χ1v) is 11.1. The largest absolute Gasteiger partial charge is 0.382 e. The van der Waals surface area contributed by atoms with Gasteiger partial charge < -0.3 is 5.32 Å². The Kier molecular flexibility index (Phi) is 7.16. The fourth-order valence-electron chi connectivity index (χ4n) is 3.85. The minimum atomic E-state index is -0.223. The van der Waals surface area contributed by atoms with Crippen LogP contribution in [-0.4, -0.2) is 17.5 Å². The summed E-state index contributed by atoms with van der Waals surface area (Å²) in [4.78, 5) is 18.0. The van der Waals surface area contributed by atoms with E-state index in [0.29, 0.717) is 12.0 Å². The molecule has 164 valence electrons. The second-order valence-corrected chi connectivity index (χ2v) is 11.2. The third kappa shape index (κ3) is 6.17. The van der Waals surface area contributed by atoms with Gasteiger partial charge in [0, 0.05) is 22.9 Å². The average Bonchev–Trinajstić information content (AvgIpc) is 2.56. The van der Waals surface area contributed by atoms with E-state index < -0.39 is 0 Å². The number of nitrogens with one attached hydrogen (secondary N) is 1. The number of anilines is 1. The molecule has 1 aliphatic carbocycles. The predicted octanol–water partition coefficient (Wildman–Crippen LogP) is 7.44. The molecule has 30 heavy (non-hydrogen) atoms. The van der Waals surface area contributed by atoms with Crippen molar-refractivity contribution in [2.75, 3.05) is 5.32 Å². The number of ketones is 1. The van der Waals surface area contributed by atoms with Gasteiger partial charge in [-0.1, -0.05) is 55.4 Å². The smallest absolute Gasteiger partial charge is 0.186 e. The standard InChI is InChI=1S/C27H40N2O/c1-17(2)13-19(4)28-24-12-11-20(14-18(24)3)29-21-15-22(26(5,6)7)25(30)23(16-21)27(8,9)10/h11-12,14-17,19,28H,13H2,1-10H3. The summed E-state index contributed by atoms with van der Waals surface area (Å²) in [7, 11) is 0. The van der Waals surface area contributed by atoms with Crippen LogP contribution >= 0.6 is 0 Å². The summed E-state index contributed by atoms with van der Waals surface area (Å²) >= 11 is 0. The van der Waals surface area contributed by atoms with Gasteiger partial charge >= 0.3 is 0 Å². The molecule has 0 radical (unpaired) electrons. The molecule has 0 fully saturated rings. The monoisotopic (exact) mass is 408 g/mol. The van der Waals surface area contributed by atoms with Crippen molar-refractivity contribution in [1.82, 2.24) is 0 Å². The lowest BCUT2D eigenvalue weighted by Gasteiger charge is -2.31. The molecule has 0 aromatic heterocycles. The number of aliphatic imine (C=N–C) groups is 1. The second kappa shape index (κ2) is 8.91. The van der Waals surface area contributed by atoms with E-state index in [4.69, 9.17) is 4.99 Å². The summed E-state index contributed by atoms with van der Waals surface area (Å²) < 4.78 is 0. The van der Waals surface area contributed by atoms with Crippen LogP contribution in [0, 0.1) is 23.7 Å². The average molecular weight is 409 g/mol. The van der Waals surface area contributed by atoms with Crippen molar-refractivity contribution in [3.8, 4) is 0 Å². The van der Waals surface area contributed by atoms with Crippen LogP contribution < -0.4 is 5.32 Å². The number of carbonyl (C=O) groups excluding carboxylic acids is 1. The van der Waals surface area contributed by atoms with E-state index in [1.807, 2.05) is 12.2 Å². The van der Waals surface area contributed by atoms with E-state index in [1.54, 1.807) is 0 Å². The number of Topliss-reactive ketones (excluding diaryl/α,β-unsaturated/α-hetero) is 1. The molecule has 0 spiro atoms. The van der Waals surface area contributed by atoms with E-state index in [0.717, 1.165) is 34.7 Å². The summed E-state index contributed by atoms with van der Waals surface area (Å²) in [5, 5.41) is 3.62. The maximum atomic E-state index is 13.1. The van der Waals surface area contributed by atoms with Gasteiger partial charge in [0.15, 0.2) is 5.78 Å². The van der Waals surface area contributed by atoms with Crippen LogP contribution in [0.5, 0.6) is 0 Å². The van der Waals surface area contributed by atoms with Crippen molar-refractivity contribution in [2.24, 2.45) is 21.7 Å². The summed E-state index contributed by atoms with van der Waals surface area (Å²) in [6, 6.07) is 6.71. The first kappa shape index (κ1) is 24.1. The van der Waals surface area contributed by atoms with Crippen LogP contribution in [0.2, 0.25) is 0 Å². The van der Waals surface area contributed by atoms with E-state index >= 15 is 0 Å². The molecular formula is C27H40N2O. The van der Waals surface area contributed by atoms with Crippen molar-refractivity contribution < 1.29 is 4.79 Å². The first-order chi connectivity index (χ1) is 13.7. The highest BCUT2D eigenvalue weighted by atomic mass is 16.1. The maximum Gasteiger partial charge on any atom is 0.186 e. The van der Waals surface area contributed by atoms with Crippen LogP contribution in [0.4, 0.5) is 11.4 Å². The van der Waals surface area contributed by atoms with Gasteiger partial charge in [-0.2, -0.15) is 0 Å². The van der Waals surface area contributed by atoms with Crippen molar-refractivity contribution in [3.05, 3.63) is 47.1 Å². The molecule has 2 rings (SSSR count). The first-order valence-electron chi connectivity index (χ1n) is 11.1. The summed E-state index contributed by atoms with van der Waals surface area (Å²) in [6.45, 7) is 21.4. The van der Waals surface area contributed by atoms with Crippen molar-refractivity contribution in [1.29, 1.82) is 0 Å². The fourth-order valence-corrected chi connectivity index (χ4v) is 3.85. The number of benzene rings is 1. The minimum absolute atomic E-state index is 0.142. The van der Waals surface area contributed by atoms with Crippen LogP contribution in [0.3, 0.4) is 0 Å². The number of aryl methyl sites for hydroxylation is 1. The van der Waals surface area contributed by atoms with Crippen LogP contribution in [0.25, 0.3) is 0 Å². The number of allylic oxidation sites excluding steroid dienone is 4. The van der Waals surface area contributed by atoms with Gasteiger partial charge in [-0.3, -0.25) is 4.79 Å². The molecule has 0 amide bonds. The van der Waals surface area contributed by atoms with Crippen LogP contribution in [0.15, 0.2) is 46.5 Å². The molecule has 0 bridgehead atoms. The molecule has 3 nitrogen and oxygen atoms in total. The van der Waals surface area contributed by atoms with E-state index in [9.17, 15) is 4.79 Å². The highest BCUT2D eigenvalue weighted by molar-refractivity contribution is 6.23. The molecular weight excluding hydrogens is 368 g/mol. The number of hydrogen-bond donors (Lipinski definition) is 1. The molecule has 0 heterocycles. The molecule has 1 N–H and O–H groups in total. The van der Waals surface area contributed by atoms with Crippen molar-refractivity contribution in [3.63, 3.8) is 0 Å². The SMILES string of the molecule is Cc1cc(N=C2C=C(C(C)(C)C)C(=O)C(C(C)(C)C)=C2)ccc1NC(C)CC(C)C. The summed E-state index contributed by atoms with van der Waals surface area (Å²) in [6.07, 6.45) is 5.06. The third-order valence-corrected chi connectivity index (χ3v) is 5.38. The van der Waals surface area contributed by atoms with Gasteiger partial charge in [0.05, 0.1) is 11.4 Å². The Morgan fingerprint density at radius 3 is 1.90 bits per heavy atom. The van der Waals surface area contributed by atoms with Crippen LogP contribution in [0.1, 0.15) is 74.3 Å². The van der Waals surface area contributed by atoms with E-state index in [-0.39, 0.29) is 16.6 Å². The third-order valence-electron chi connectivity index (χ3n) is 5.38. The predicted molar refractivity (Wildman–Crippen MR) is 131 cm³/mol. The van der Waals surface area contributed by atoms with Crippen molar-refractivity contribution >= 4 is 22.9 Å². The Morgan fingerprint density at radius 2 is 1.47 bits per heavy atom. The summed E-state index contributed by atoms with van der Waals surface area (Å²) in [5.74, 6) is 0.809. The Labute approximate surface area is 183 Å². The van der Waals surface area contributed by atoms with Crippen molar-refractivity contribution in [2.45, 2.75) is 81.7 Å². The van der Waals surface area contributed by atoms with Gasteiger partial charge in [0.2, 0.25) is 0 Å². The van der Waals surface area contributed by atoms with Gasteiger partial charge in [0.1, 0.15) is 0 Å².